The highest BCUT2D eigenvalue weighted by molar-refractivity contribution is 5.96. The van der Waals surface area contributed by atoms with E-state index >= 15 is 0 Å². The summed E-state index contributed by atoms with van der Waals surface area (Å²) in [6.45, 7) is 5.01. The maximum absolute atomic E-state index is 12.6. The number of phenols is 1. The largest absolute Gasteiger partial charge is 0.507 e. The molecule has 1 heterocycles. The van der Waals surface area contributed by atoms with Crippen molar-refractivity contribution in [2.45, 2.75) is 45.1 Å². The molecule has 8 heteroatoms. The van der Waals surface area contributed by atoms with Crippen LogP contribution in [0.2, 0.25) is 0 Å². The number of para-hydroxylation sites is 1. The van der Waals surface area contributed by atoms with Gasteiger partial charge in [-0.25, -0.2) is 0 Å². The van der Waals surface area contributed by atoms with Gasteiger partial charge < -0.3 is 26.0 Å². The lowest BCUT2D eigenvalue weighted by Crippen LogP contribution is -2.45. The summed E-state index contributed by atoms with van der Waals surface area (Å²) in [7, 11) is 0. The quantitative estimate of drug-likeness (QED) is 0.307. The Balaban J connectivity index is 1.45. The molecule has 4 N–H and O–H groups in total. The molecule has 1 aliphatic heterocycles. The zero-order valence-corrected chi connectivity index (χ0v) is 17.7. The van der Waals surface area contributed by atoms with Gasteiger partial charge in [0.15, 0.2) is 5.96 Å². The predicted molar refractivity (Wildman–Crippen MR) is 116 cm³/mol. The Bertz CT molecular complexity index is 761. The van der Waals surface area contributed by atoms with Crippen molar-refractivity contribution in [2.75, 3.05) is 32.7 Å². The van der Waals surface area contributed by atoms with E-state index < -0.39 is 0 Å². The van der Waals surface area contributed by atoms with Crippen molar-refractivity contribution in [1.29, 1.82) is 0 Å². The van der Waals surface area contributed by atoms with Crippen molar-refractivity contribution < 1.29 is 14.7 Å². The molecule has 8 nitrogen and oxygen atoms in total. The second kappa shape index (κ2) is 10.8. The fraction of sp³-hybridized carbons (Fsp3) is 0.591. The van der Waals surface area contributed by atoms with Gasteiger partial charge in [0.1, 0.15) is 5.75 Å². The van der Waals surface area contributed by atoms with Crippen molar-refractivity contribution in [3.8, 4) is 5.75 Å². The minimum Gasteiger partial charge on any atom is -0.507 e. The molecule has 1 atom stereocenters. The van der Waals surface area contributed by atoms with Crippen LogP contribution in [0, 0.1) is 5.92 Å². The van der Waals surface area contributed by atoms with Gasteiger partial charge in [0.2, 0.25) is 5.91 Å². The van der Waals surface area contributed by atoms with Crippen molar-refractivity contribution in [1.82, 2.24) is 20.9 Å². The average Bonchev–Trinajstić information content (AvgIpc) is 3.43. The average molecular weight is 416 g/mol. The van der Waals surface area contributed by atoms with Crippen molar-refractivity contribution in [3.63, 3.8) is 0 Å². The number of benzene rings is 1. The van der Waals surface area contributed by atoms with Crippen LogP contribution in [-0.4, -0.2) is 66.5 Å². The highest BCUT2D eigenvalue weighted by Gasteiger charge is 2.32. The fourth-order valence-corrected chi connectivity index (χ4v) is 4.12. The topological polar surface area (TPSA) is 106 Å². The van der Waals surface area contributed by atoms with E-state index in [2.05, 4.69) is 20.9 Å². The number of aliphatic imine (C=N–C) groups is 1. The standard InChI is InChI=1S/C22H33N5O3/c1-2-23-22(25-13-12-24-20(29)18-9-5-6-10-19(18)28)26-17-11-14-27(15-17)21(30)16-7-3-4-8-16/h5-6,9-10,16-17,28H,2-4,7-8,11-15H2,1H3,(H,24,29)(H2,23,25,26). The molecule has 0 bridgehead atoms. The summed E-state index contributed by atoms with van der Waals surface area (Å²) in [6, 6.07) is 6.64. The Morgan fingerprint density at radius 1 is 1.17 bits per heavy atom. The first-order valence-electron chi connectivity index (χ1n) is 11.0. The first-order valence-corrected chi connectivity index (χ1v) is 11.0. The summed E-state index contributed by atoms with van der Waals surface area (Å²) >= 11 is 0. The first kappa shape index (κ1) is 21.9. The molecule has 0 aromatic heterocycles. The molecule has 164 valence electrons. The van der Waals surface area contributed by atoms with Crippen molar-refractivity contribution >= 4 is 17.8 Å². The third kappa shape index (κ3) is 5.87. The number of hydrogen-bond donors (Lipinski definition) is 4. The van der Waals surface area contributed by atoms with E-state index in [1.165, 1.54) is 18.9 Å². The lowest BCUT2D eigenvalue weighted by molar-refractivity contribution is -0.134. The molecule has 2 fully saturated rings. The normalized spacial score (nSPS) is 19.7. The number of nitrogens with zero attached hydrogens (tertiary/aromatic N) is 2. The van der Waals surface area contributed by atoms with E-state index in [0.717, 1.165) is 32.4 Å². The summed E-state index contributed by atoms with van der Waals surface area (Å²) in [6.07, 6.45) is 5.31. The second-order valence-corrected chi connectivity index (χ2v) is 7.93. The van der Waals surface area contributed by atoms with E-state index in [4.69, 9.17) is 0 Å². The van der Waals surface area contributed by atoms with Crippen LogP contribution in [0.15, 0.2) is 29.3 Å². The molecule has 0 spiro atoms. The first-order chi connectivity index (χ1) is 14.6. The molecular formula is C22H33N5O3. The summed E-state index contributed by atoms with van der Waals surface area (Å²) in [5.41, 5.74) is 0.254. The van der Waals surface area contributed by atoms with E-state index in [-0.39, 0.29) is 29.2 Å². The monoisotopic (exact) mass is 415 g/mol. The van der Waals surface area contributed by atoms with Crippen LogP contribution in [-0.2, 0) is 4.79 Å². The number of aromatic hydroxyl groups is 1. The number of phenolic OH excluding ortho intramolecular Hbond substituents is 1. The van der Waals surface area contributed by atoms with Crippen LogP contribution in [0.3, 0.4) is 0 Å². The summed E-state index contributed by atoms with van der Waals surface area (Å²) in [5, 5.41) is 19.2. The molecule has 1 saturated carbocycles. The number of nitrogens with one attached hydrogen (secondary N) is 3. The molecule has 2 aliphatic rings. The fourth-order valence-electron chi connectivity index (χ4n) is 4.12. The number of hydrogen-bond acceptors (Lipinski definition) is 4. The molecule has 1 saturated heterocycles. The van der Waals surface area contributed by atoms with Gasteiger partial charge in [0.05, 0.1) is 12.1 Å². The Morgan fingerprint density at radius 2 is 1.93 bits per heavy atom. The van der Waals surface area contributed by atoms with Gasteiger partial charge in [0, 0.05) is 38.1 Å². The van der Waals surface area contributed by atoms with Gasteiger partial charge in [-0.2, -0.15) is 0 Å². The van der Waals surface area contributed by atoms with Crippen molar-refractivity contribution in [2.24, 2.45) is 10.9 Å². The predicted octanol–water partition coefficient (Wildman–Crippen LogP) is 1.47. The molecule has 1 aliphatic carbocycles. The number of likely N-dealkylation sites (tertiary alicyclic amines) is 1. The minimum atomic E-state index is -0.321. The molecule has 1 aromatic carbocycles. The van der Waals surface area contributed by atoms with E-state index in [0.29, 0.717) is 31.5 Å². The SMILES string of the molecule is CCNC(=NCCNC(=O)c1ccccc1O)NC1CCN(C(=O)C2CCCC2)C1. The van der Waals surface area contributed by atoms with Crippen LogP contribution in [0.25, 0.3) is 0 Å². The Kier molecular flexibility index (Phi) is 7.93. The summed E-state index contributed by atoms with van der Waals surface area (Å²) in [5.74, 6) is 0.864. The summed E-state index contributed by atoms with van der Waals surface area (Å²) in [4.78, 5) is 31.3. The molecule has 1 unspecified atom stereocenters. The van der Waals surface area contributed by atoms with Crippen LogP contribution >= 0.6 is 0 Å². The van der Waals surface area contributed by atoms with E-state index in [1.54, 1.807) is 18.2 Å². The third-order valence-corrected chi connectivity index (χ3v) is 5.71. The molecule has 3 rings (SSSR count). The smallest absolute Gasteiger partial charge is 0.255 e. The van der Waals surface area contributed by atoms with E-state index in [1.807, 2.05) is 11.8 Å². The highest BCUT2D eigenvalue weighted by atomic mass is 16.3. The van der Waals surface area contributed by atoms with Crippen LogP contribution in [0.5, 0.6) is 5.75 Å². The second-order valence-electron chi connectivity index (χ2n) is 7.93. The van der Waals surface area contributed by atoms with Gasteiger partial charge in [0.25, 0.3) is 5.91 Å². The highest BCUT2D eigenvalue weighted by Crippen LogP contribution is 2.27. The van der Waals surface area contributed by atoms with Crippen LogP contribution in [0.1, 0.15) is 49.4 Å². The van der Waals surface area contributed by atoms with Gasteiger partial charge in [-0.3, -0.25) is 14.6 Å². The van der Waals surface area contributed by atoms with Gasteiger partial charge in [-0.05, 0) is 38.3 Å². The maximum Gasteiger partial charge on any atom is 0.255 e. The Morgan fingerprint density at radius 3 is 2.67 bits per heavy atom. The Hall–Kier alpha value is -2.77. The molecule has 1 aromatic rings. The molecule has 2 amide bonds. The van der Waals surface area contributed by atoms with Gasteiger partial charge in [-0.15, -0.1) is 0 Å². The molecule has 0 radical (unpaired) electrons. The number of guanidine groups is 1. The number of carbonyl (C=O) groups is 2. The van der Waals surface area contributed by atoms with Crippen LogP contribution in [0.4, 0.5) is 0 Å². The molecular weight excluding hydrogens is 382 g/mol. The van der Waals surface area contributed by atoms with Crippen LogP contribution < -0.4 is 16.0 Å². The van der Waals surface area contributed by atoms with Gasteiger partial charge >= 0.3 is 0 Å². The third-order valence-electron chi connectivity index (χ3n) is 5.71. The lowest BCUT2D eigenvalue weighted by Gasteiger charge is -2.21. The minimum absolute atomic E-state index is 0.0357. The van der Waals surface area contributed by atoms with Gasteiger partial charge in [-0.1, -0.05) is 25.0 Å². The molecule has 30 heavy (non-hydrogen) atoms. The van der Waals surface area contributed by atoms with Crippen molar-refractivity contribution in [3.05, 3.63) is 29.8 Å². The lowest BCUT2D eigenvalue weighted by atomic mass is 10.1. The zero-order chi connectivity index (χ0) is 21.3. The zero-order valence-electron chi connectivity index (χ0n) is 17.7. The maximum atomic E-state index is 12.6. The Labute approximate surface area is 178 Å². The van der Waals surface area contributed by atoms with E-state index in [9.17, 15) is 14.7 Å². The number of rotatable bonds is 7. The summed E-state index contributed by atoms with van der Waals surface area (Å²) < 4.78 is 0. The number of carbonyl (C=O) groups excluding carboxylic acids is 2. The number of amides is 2.